The van der Waals surface area contributed by atoms with E-state index in [1.807, 2.05) is 12.1 Å². The molecule has 1 aromatic carbocycles. The van der Waals surface area contributed by atoms with Gasteiger partial charge in [-0.1, -0.05) is 12.1 Å². The van der Waals surface area contributed by atoms with Gasteiger partial charge in [-0.2, -0.15) is 0 Å². The summed E-state index contributed by atoms with van der Waals surface area (Å²) in [5.74, 6) is 0. The van der Waals surface area contributed by atoms with Gasteiger partial charge in [0.05, 0.1) is 12.2 Å². The fourth-order valence-corrected chi connectivity index (χ4v) is 2.77. The summed E-state index contributed by atoms with van der Waals surface area (Å²) < 4.78 is 6.75. The number of rotatable bonds is 2. The molecule has 1 heterocycles. The average Bonchev–Trinajstić information content (AvgIpc) is 2.23. The van der Waals surface area contributed by atoms with Crippen molar-refractivity contribution >= 4 is 21.6 Å². The van der Waals surface area contributed by atoms with Gasteiger partial charge in [0, 0.05) is 29.8 Å². The van der Waals surface area contributed by atoms with Gasteiger partial charge in [0.2, 0.25) is 0 Å². The Morgan fingerprint density at radius 1 is 1.35 bits per heavy atom. The highest BCUT2D eigenvalue weighted by Crippen LogP contribution is 2.25. The fourth-order valence-electron chi connectivity index (χ4n) is 2.38. The number of nitrogen functional groups attached to an aromatic ring is 1. The number of hydrogen-bond donors (Lipinski definition) is 1. The first-order chi connectivity index (χ1) is 8.06. The van der Waals surface area contributed by atoms with Crippen molar-refractivity contribution in [1.29, 1.82) is 0 Å². The number of benzene rings is 1. The minimum absolute atomic E-state index is 0.304. The van der Waals surface area contributed by atoms with E-state index in [0.29, 0.717) is 12.2 Å². The van der Waals surface area contributed by atoms with E-state index in [4.69, 9.17) is 10.5 Å². The third-order valence-corrected chi connectivity index (χ3v) is 3.96. The van der Waals surface area contributed by atoms with Crippen LogP contribution in [0.15, 0.2) is 22.7 Å². The Kier molecular flexibility index (Phi) is 4.07. The zero-order valence-corrected chi connectivity index (χ0v) is 11.9. The minimum atomic E-state index is 0.304. The molecule has 0 aromatic heterocycles. The maximum absolute atomic E-state index is 5.89. The molecule has 1 aliphatic rings. The van der Waals surface area contributed by atoms with Crippen molar-refractivity contribution in [3.63, 3.8) is 0 Å². The molecule has 0 aliphatic carbocycles. The molecule has 1 fully saturated rings. The summed E-state index contributed by atoms with van der Waals surface area (Å²) in [4.78, 5) is 2.42. The molecule has 17 heavy (non-hydrogen) atoms. The quantitative estimate of drug-likeness (QED) is 0.853. The predicted molar refractivity (Wildman–Crippen MR) is 73.8 cm³/mol. The summed E-state index contributed by atoms with van der Waals surface area (Å²) >= 11 is 3.55. The maximum Gasteiger partial charge on any atom is 0.0678 e. The third kappa shape index (κ3) is 3.21. The molecule has 0 unspecified atom stereocenters. The summed E-state index contributed by atoms with van der Waals surface area (Å²) in [7, 11) is 0. The van der Waals surface area contributed by atoms with Crippen LogP contribution in [0.25, 0.3) is 0 Å². The Labute approximate surface area is 111 Å². The van der Waals surface area contributed by atoms with Crippen LogP contribution in [0.2, 0.25) is 0 Å². The second-order valence-corrected chi connectivity index (χ2v) is 5.56. The predicted octanol–water partition coefficient (Wildman–Crippen LogP) is 2.64. The molecular formula is C13H19BrN2O. The number of nitrogens with two attached hydrogens (primary N) is 1. The monoisotopic (exact) mass is 298 g/mol. The lowest BCUT2D eigenvalue weighted by Crippen LogP contribution is -2.44. The largest absolute Gasteiger partial charge is 0.398 e. The summed E-state index contributed by atoms with van der Waals surface area (Å²) in [6, 6.07) is 6.03. The number of hydrogen-bond acceptors (Lipinski definition) is 3. The van der Waals surface area contributed by atoms with E-state index in [-0.39, 0.29) is 0 Å². The minimum Gasteiger partial charge on any atom is -0.398 e. The third-order valence-electron chi connectivity index (χ3n) is 3.00. The number of halogens is 1. The lowest BCUT2D eigenvalue weighted by atomic mass is 10.1. The SMILES string of the molecule is C[C@@H]1CN(Cc2cccc(N)c2Br)C[C@H](C)O1. The Balaban J connectivity index is 2.07. The number of morpholine rings is 1. The topological polar surface area (TPSA) is 38.5 Å². The highest BCUT2D eigenvalue weighted by molar-refractivity contribution is 9.10. The van der Waals surface area contributed by atoms with Gasteiger partial charge in [-0.25, -0.2) is 0 Å². The molecule has 0 spiro atoms. The molecule has 2 rings (SSSR count). The Morgan fingerprint density at radius 3 is 2.65 bits per heavy atom. The van der Waals surface area contributed by atoms with Gasteiger partial charge in [-0.3, -0.25) is 4.90 Å². The standard InChI is InChI=1S/C13H19BrN2O/c1-9-6-16(7-10(2)17-9)8-11-4-3-5-12(15)13(11)14/h3-5,9-10H,6-8,15H2,1-2H3/t9-,10+. The fraction of sp³-hybridized carbons (Fsp3) is 0.538. The van der Waals surface area contributed by atoms with Gasteiger partial charge < -0.3 is 10.5 Å². The van der Waals surface area contributed by atoms with Crippen molar-refractivity contribution < 1.29 is 4.74 Å². The molecule has 4 heteroatoms. The molecule has 2 N–H and O–H groups in total. The molecule has 1 aromatic rings. The molecule has 2 atom stereocenters. The first-order valence-electron chi connectivity index (χ1n) is 5.97. The van der Waals surface area contributed by atoms with Crippen LogP contribution in [0.3, 0.4) is 0 Å². The molecule has 1 aliphatic heterocycles. The summed E-state index contributed by atoms with van der Waals surface area (Å²) in [6.07, 6.45) is 0.608. The molecule has 3 nitrogen and oxygen atoms in total. The second kappa shape index (κ2) is 5.38. The van der Waals surface area contributed by atoms with Crippen molar-refractivity contribution in [2.24, 2.45) is 0 Å². The van der Waals surface area contributed by atoms with Gasteiger partial charge >= 0.3 is 0 Å². The van der Waals surface area contributed by atoms with Gasteiger partial charge in [0.15, 0.2) is 0 Å². The van der Waals surface area contributed by atoms with Crippen LogP contribution in [0.5, 0.6) is 0 Å². The van der Waals surface area contributed by atoms with E-state index >= 15 is 0 Å². The van der Waals surface area contributed by atoms with Crippen LogP contribution in [0, 0.1) is 0 Å². The number of nitrogens with zero attached hydrogens (tertiary/aromatic N) is 1. The molecule has 0 bridgehead atoms. The maximum atomic E-state index is 5.89. The van der Waals surface area contributed by atoms with Gasteiger partial charge in [0.1, 0.15) is 0 Å². The van der Waals surface area contributed by atoms with Crippen LogP contribution in [0.4, 0.5) is 5.69 Å². The summed E-state index contributed by atoms with van der Waals surface area (Å²) in [5, 5.41) is 0. The average molecular weight is 299 g/mol. The molecule has 1 saturated heterocycles. The van der Waals surface area contributed by atoms with E-state index in [1.54, 1.807) is 0 Å². The highest BCUT2D eigenvalue weighted by Gasteiger charge is 2.22. The normalized spacial score (nSPS) is 26.1. The first kappa shape index (κ1) is 12.9. The van der Waals surface area contributed by atoms with Crippen molar-refractivity contribution in [3.8, 4) is 0 Å². The van der Waals surface area contributed by atoms with Gasteiger partial charge in [-0.05, 0) is 41.4 Å². The van der Waals surface area contributed by atoms with E-state index in [9.17, 15) is 0 Å². The van der Waals surface area contributed by atoms with Gasteiger partial charge in [0.25, 0.3) is 0 Å². The number of anilines is 1. The molecule has 0 amide bonds. The molecular weight excluding hydrogens is 280 g/mol. The van der Waals surface area contributed by atoms with E-state index in [0.717, 1.165) is 29.8 Å². The Morgan fingerprint density at radius 2 is 2.00 bits per heavy atom. The Bertz CT molecular complexity index is 387. The summed E-state index contributed by atoms with van der Waals surface area (Å²) in [5.41, 5.74) is 7.93. The first-order valence-corrected chi connectivity index (χ1v) is 6.76. The van der Waals surface area contributed by atoms with Gasteiger partial charge in [-0.15, -0.1) is 0 Å². The van der Waals surface area contributed by atoms with Crippen molar-refractivity contribution in [2.75, 3.05) is 18.8 Å². The van der Waals surface area contributed by atoms with E-state index < -0.39 is 0 Å². The zero-order chi connectivity index (χ0) is 12.4. The second-order valence-electron chi connectivity index (χ2n) is 4.77. The van der Waals surface area contributed by atoms with Crippen LogP contribution in [0.1, 0.15) is 19.4 Å². The highest BCUT2D eigenvalue weighted by atomic mass is 79.9. The van der Waals surface area contributed by atoms with Crippen LogP contribution < -0.4 is 5.73 Å². The van der Waals surface area contributed by atoms with Crippen molar-refractivity contribution in [2.45, 2.75) is 32.6 Å². The molecule has 94 valence electrons. The molecule has 0 saturated carbocycles. The number of ether oxygens (including phenoxy) is 1. The molecule has 0 radical (unpaired) electrons. The van der Waals surface area contributed by atoms with E-state index in [1.165, 1.54) is 5.56 Å². The van der Waals surface area contributed by atoms with Crippen molar-refractivity contribution in [1.82, 2.24) is 4.90 Å². The van der Waals surface area contributed by atoms with Crippen LogP contribution in [-0.4, -0.2) is 30.2 Å². The van der Waals surface area contributed by atoms with Crippen LogP contribution in [-0.2, 0) is 11.3 Å². The lowest BCUT2D eigenvalue weighted by molar-refractivity contribution is -0.0705. The lowest BCUT2D eigenvalue weighted by Gasteiger charge is -2.35. The zero-order valence-electron chi connectivity index (χ0n) is 10.3. The van der Waals surface area contributed by atoms with Crippen molar-refractivity contribution in [3.05, 3.63) is 28.2 Å². The van der Waals surface area contributed by atoms with E-state index in [2.05, 4.69) is 40.7 Å². The smallest absolute Gasteiger partial charge is 0.0678 e. The Hall–Kier alpha value is -0.580. The summed E-state index contributed by atoms with van der Waals surface area (Å²) in [6.45, 7) is 7.12. The van der Waals surface area contributed by atoms with Crippen LogP contribution >= 0.6 is 15.9 Å².